The van der Waals surface area contributed by atoms with Crippen molar-refractivity contribution in [2.24, 2.45) is 0 Å². The Hall–Kier alpha value is -1.82. The van der Waals surface area contributed by atoms with E-state index in [1.165, 1.54) is 6.07 Å². The summed E-state index contributed by atoms with van der Waals surface area (Å²) >= 11 is 3.39. The van der Waals surface area contributed by atoms with Crippen LogP contribution < -0.4 is 5.32 Å². The topological polar surface area (TPSA) is 68.3 Å². The Morgan fingerprint density at radius 1 is 1.39 bits per heavy atom. The van der Waals surface area contributed by atoms with E-state index in [1.54, 1.807) is 6.07 Å². The summed E-state index contributed by atoms with van der Waals surface area (Å²) in [6, 6.07) is 8.81. The molecular formula is C12H11BrN2O3. The van der Waals surface area contributed by atoms with E-state index < -0.39 is 4.92 Å². The Kier molecular flexibility index (Phi) is 3.66. The molecule has 0 atom stereocenters. The van der Waals surface area contributed by atoms with Crippen molar-refractivity contribution in [1.82, 2.24) is 0 Å². The lowest BCUT2D eigenvalue weighted by Gasteiger charge is -2.08. The summed E-state index contributed by atoms with van der Waals surface area (Å²) in [5.74, 6) is 0.295. The van der Waals surface area contributed by atoms with Gasteiger partial charge in [-0.2, -0.15) is 0 Å². The van der Waals surface area contributed by atoms with Crippen LogP contribution in [0.2, 0.25) is 0 Å². The van der Waals surface area contributed by atoms with Gasteiger partial charge in [-0.1, -0.05) is 15.9 Å². The van der Waals surface area contributed by atoms with Crippen molar-refractivity contribution in [3.8, 4) is 0 Å². The van der Waals surface area contributed by atoms with Crippen molar-refractivity contribution >= 4 is 27.5 Å². The Bertz CT molecular complexity index is 580. The first-order chi connectivity index (χ1) is 8.56. The number of furan rings is 1. The molecule has 0 unspecified atom stereocenters. The Morgan fingerprint density at radius 3 is 2.78 bits per heavy atom. The second-order valence-electron chi connectivity index (χ2n) is 3.81. The molecule has 1 N–H and O–H groups in total. The largest absolute Gasteiger partial charge is 0.433 e. The molecule has 2 rings (SSSR count). The number of halogens is 1. The second-order valence-corrected chi connectivity index (χ2v) is 4.73. The molecule has 18 heavy (non-hydrogen) atoms. The molecule has 2 aromatic rings. The van der Waals surface area contributed by atoms with Crippen LogP contribution in [0.4, 0.5) is 11.6 Å². The number of hydrogen-bond donors (Lipinski definition) is 1. The quantitative estimate of drug-likeness (QED) is 0.687. The van der Waals surface area contributed by atoms with Gasteiger partial charge in [0.15, 0.2) is 0 Å². The minimum absolute atomic E-state index is 0.237. The number of benzene rings is 1. The molecule has 1 heterocycles. The zero-order chi connectivity index (χ0) is 13.1. The fourth-order valence-electron chi connectivity index (χ4n) is 1.57. The third-order valence-corrected chi connectivity index (χ3v) is 2.96. The fraction of sp³-hybridized carbons (Fsp3) is 0.167. The first-order valence-electron chi connectivity index (χ1n) is 5.29. The molecule has 5 nitrogen and oxygen atoms in total. The lowest BCUT2D eigenvalue weighted by atomic mass is 10.2. The van der Waals surface area contributed by atoms with Gasteiger partial charge in [-0.15, -0.1) is 0 Å². The number of nitro groups is 1. The third kappa shape index (κ3) is 2.89. The number of hydrogen-bond acceptors (Lipinski definition) is 4. The zero-order valence-corrected chi connectivity index (χ0v) is 11.2. The molecule has 0 spiro atoms. The number of aryl methyl sites for hydroxylation is 1. The molecule has 6 heteroatoms. The van der Waals surface area contributed by atoms with Crippen LogP contribution in [0.1, 0.15) is 11.3 Å². The highest BCUT2D eigenvalue weighted by Crippen LogP contribution is 2.22. The average Bonchev–Trinajstić information content (AvgIpc) is 2.76. The summed E-state index contributed by atoms with van der Waals surface area (Å²) in [5, 5.41) is 13.6. The van der Waals surface area contributed by atoms with E-state index >= 15 is 0 Å². The molecule has 0 saturated heterocycles. The molecule has 0 aliphatic heterocycles. The van der Waals surface area contributed by atoms with Crippen molar-refractivity contribution in [2.45, 2.75) is 13.5 Å². The van der Waals surface area contributed by atoms with Crippen LogP contribution in [-0.2, 0) is 6.54 Å². The summed E-state index contributed by atoms with van der Waals surface area (Å²) in [6.45, 7) is 2.40. The van der Waals surface area contributed by atoms with Gasteiger partial charge in [0.1, 0.15) is 10.7 Å². The van der Waals surface area contributed by atoms with E-state index in [2.05, 4.69) is 21.2 Å². The SMILES string of the molecule is Cc1cc(Br)ccc1NCc1ccc([N+](=O)[O-])o1. The molecule has 0 bridgehead atoms. The van der Waals surface area contributed by atoms with Crippen LogP contribution in [0, 0.1) is 17.0 Å². The van der Waals surface area contributed by atoms with E-state index in [9.17, 15) is 10.1 Å². The lowest BCUT2D eigenvalue weighted by Crippen LogP contribution is -1.99. The predicted octanol–water partition coefficient (Wildman–Crippen LogP) is 3.87. The monoisotopic (exact) mass is 310 g/mol. The standard InChI is InChI=1S/C12H11BrN2O3/c1-8-6-9(13)2-4-11(8)14-7-10-3-5-12(18-10)15(16)17/h2-6,14H,7H2,1H3. The van der Waals surface area contributed by atoms with Crippen molar-refractivity contribution in [2.75, 3.05) is 5.32 Å². The van der Waals surface area contributed by atoms with Crippen LogP contribution in [0.3, 0.4) is 0 Å². The minimum atomic E-state index is -0.547. The van der Waals surface area contributed by atoms with E-state index in [0.29, 0.717) is 12.3 Å². The first-order valence-corrected chi connectivity index (χ1v) is 6.08. The van der Waals surface area contributed by atoms with Gasteiger partial charge in [0, 0.05) is 10.2 Å². The maximum atomic E-state index is 10.5. The summed E-state index contributed by atoms with van der Waals surface area (Å²) < 4.78 is 6.07. The van der Waals surface area contributed by atoms with Crippen molar-refractivity contribution < 1.29 is 9.34 Å². The molecular weight excluding hydrogens is 300 g/mol. The second kappa shape index (κ2) is 5.22. The fourth-order valence-corrected chi connectivity index (χ4v) is 2.04. The van der Waals surface area contributed by atoms with E-state index in [4.69, 9.17) is 4.42 Å². The maximum absolute atomic E-state index is 10.5. The minimum Gasteiger partial charge on any atom is -0.404 e. The number of nitrogens with zero attached hydrogens (tertiary/aromatic N) is 1. The van der Waals surface area contributed by atoms with Crippen LogP contribution in [0.15, 0.2) is 39.2 Å². The zero-order valence-electron chi connectivity index (χ0n) is 9.64. The highest BCUT2D eigenvalue weighted by molar-refractivity contribution is 9.10. The first kappa shape index (κ1) is 12.6. The highest BCUT2D eigenvalue weighted by atomic mass is 79.9. The van der Waals surface area contributed by atoms with Gasteiger partial charge in [-0.25, -0.2) is 0 Å². The predicted molar refractivity (Wildman–Crippen MR) is 71.6 cm³/mol. The molecule has 0 saturated carbocycles. The number of nitrogens with one attached hydrogen (secondary N) is 1. The summed E-state index contributed by atoms with van der Waals surface area (Å²) in [7, 11) is 0. The molecule has 94 valence electrons. The van der Waals surface area contributed by atoms with Crippen LogP contribution in [-0.4, -0.2) is 4.92 Å². The number of anilines is 1. The molecule has 0 aliphatic rings. The van der Waals surface area contributed by atoms with E-state index in [1.807, 2.05) is 25.1 Å². The third-order valence-electron chi connectivity index (χ3n) is 2.47. The van der Waals surface area contributed by atoms with Crippen molar-refractivity contribution in [1.29, 1.82) is 0 Å². The van der Waals surface area contributed by atoms with Gasteiger partial charge < -0.3 is 9.73 Å². The van der Waals surface area contributed by atoms with Gasteiger partial charge in [0.25, 0.3) is 0 Å². The maximum Gasteiger partial charge on any atom is 0.433 e. The molecule has 0 fully saturated rings. The van der Waals surface area contributed by atoms with Gasteiger partial charge >= 0.3 is 5.88 Å². The summed E-state index contributed by atoms with van der Waals surface area (Å²) in [6.07, 6.45) is 0. The lowest BCUT2D eigenvalue weighted by molar-refractivity contribution is -0.402. The molecule has 1 aromatic heterocycles. The van der Waals surface area contributed by atoms with Gasteiger partial charge in [-0.3, -0.25) is 10.1 Å². The molecule has 0 aliphatic carbocycles. The van der Waals surface area contributed by atoms with Crippen molar-refractivity contribution in [3.63, 3.8) is 0 Å². The van der Waals surface area contributed by atoms with Gasteiger partial charge in [0.2, 0.25) is 0 Å². The van der Waals surface area contributed by atoms with Gasteiger partial charge in [0.05, 0.1) is 12.6 Å². The number of rotatable bonds is 4. The highest BCUT2D eigenvalue weighted by Gasteiger charge is 2.11. The van der Waals surface area contributed by atoms with Crippen LogP contribution in [0.25, 0.3) is 0 Å². The summed E-state index contributed by atoms with van der Waals surface area (Å²) in [4.78, 5) is 9.92. The summed E-state index contributed by atoms with van der Waals surface area (Å²) in [5.41, 5.74) is 2.06. The molecule has 1 aromatic carbocycles. The van der Waals surface area contributed by atoms with Crippen molar-refractivity contribution in [3.05, 3.63) is 56.2 Å². The normalized spacial score (nSPS) is 10.3. The van der Waals surface area contributed by atoms with E-state index in [-0.39, 0.29) is 5.88 Å². The van der Waals surface area contributed by atoms with Crippen LogP contribution in [0.5, 0.6) is 0 Å². The van der Waals surface area contributed by atoms with Crippen LogP contribution >= 0.6 is 15.9 Å². The Morgan fingerprint density at radius 2 is 2.17 bits per heavy atom. The average molecular weight is 311 g/mol. The van der Waals surface area contributed by atoms with Gasteiger partial charge in [-0.05, 0) is 36.8 Å². The molecule has 0 radical (unpaired) electrons. The van der Waals surface area contributed by atoms with E-state index in [0.717, 1.165) is 15.7 Å². The Balaban J connectivity index is 2.04. The molecule has 0 amide bonds. The smallest absolute Gasteiger partial charge is 0.404 e. The Labute approximate surface area is 112 Å².